The molecule has 0 aliphatic heterocycles. The van der Waals surface area contributed by atoms with Gasteiger partial charge in [-0.2, -0.15) is 0 Å². The number of rotatable bonds is 17. The summed E-state index contributed by atoms with van der Waals surface area (Å²) in [6.07, 6.45) is -0.613. The molecule has 0 aliphatic carbocycles. The average Bonchev–Trinajstić information content (AvgIpc) is 2.61. The summed E-state index contributed by atoms with van der Waals surface area (Å²) in [5.74, 6) is 0. The van der Waals surface area contributed by atoms with Crippen LogP contribution in [0.4, 0.5) is 0 Å². The molecule has 0 rings (SSSR count). The summed E-state index contributed by atoms with van der Waals surface area (Å²) < 4.78 is 72.1. The van der Waals surface area contributed by atoms with E-state index in [1.54, 1.807) is 41.5 Å². The second kappa shape index (κ2) is 13.0. The van der Waals surface area contributed by atoms with Crippen molar-refractivity contribution in [2.24, 2.45) is 5.73 Å². The molecule has 0 atom stereocenters. The van der Waals surface area contributed by atoms with E-state index < -0.39 is 27.8 Å². The zero-order valence-electron chi connectivity index (χ0n) is 17.8. The van der Waals surface area contributed by atoms with E-state index >= 15 is 0 Å². The molecule has 0 heterocycles. The minimum atomic E-state index is -4.21. The maximum absolute atomic E-state index is 13.6. The van der Waals surface area contributed by atoms with Crippen molar-refractivity contribution in [3.63, 3.8) is 0 Å². The molecular weight excluding hydrogens is 431 g/mol. The van der Waals surface area contributed by atoms with E-state index in [-0.39, 0.29) is 52.2 Å². The molecule has 0 aromatic heterocycles. The number of nitrogens with two attached hydrogens (primary N) is 1. The Bertz CT molecular complexity index is 527. The third kappa shape index (κ3) is 6.98. The van der Waals surface area contributed by atoms with Gasteiger partial charge in [-0.15, -0.1) is 0 Å². The van der Waals surface area contributed by atoms with Crippen LogP contribution in [0, 0.1) is 0 Å². The Labute approximate surface area is 168 Å². The molecule has 0 saturated heterocycles. The molecule has 13 heteroatoms. The van der Waals surface area contributed by atoms with Gasteiger partial charge in [0.2, 0.25) is 5.02 Å². The molecule has 0 aromatic carbocycles. The first-order valence-electron chi connectivity index (χ1n) is 9.52. The fourth-order valence-electron chi connectivity index (χ4n) is 2.49. The summed E-state index contributed by atoms with van der Waals surface area (Å²) in [7, 11) is -12.0. The summed E-state index contributed by atoms with van der Waals surface area (Å²) in [5, 5.41) is -2.19. The van der Waals surface area contributed by atoms with E-state index in [2.05, 4.69) is 0 Å². The Balaban J connectivity index is 6.27. The number of hydrogen-bond acceptors (Lipinski definition) is 10. The zero-order chi connectivity index (χ0) is 21.9. The topological polar surface area (TPSA) is 133 Å². The van der Waals surface area contributed by atoms with Crippen LogP contribution in [0.25, 0.3) is 0 Å². The smallest absolute Gasteiger partial charge is 0.309 e. The van der Waals surface area contributed by atoms with Crippen molar-refractivity contribution in [3.05, 3.63) is 0 Å². The SMILES string of the molecule is CCOP(=O)(CCC(N)(P(=O)(OCC)OCC)P(=O)(OCC)OCC)OCC. The van der Waals surface area contributed by atoms with Crippen LogP contribution in [0.15, 0.2) is 0 Å². The predicted molar refractivity (Wildman–Crippen MR) is 109 cm³/mol. The second-order valence-corrected chi connectivity index (χ2v) is 12.6. The van der Waals surface area contributed by atoms with Gasteiger partial charge in [-0.25, -0.2) is 0 Å². The first kappa shape index (κ1) is 28.4. The highest BCUT2D eigenvalue weighted by atomic mass is 31.2. The standard InChI is InChI=1S/C15H36NO9P3/c1-7-20-26(17,21-8-2)14-13-15(16,27(18,22-9-3)23-10-4)28(19,24-11-5)25-12-6/h7-14,16H2,1-6H3. The van der Waals surface area contributed by atoms with Gasteiger partial charge in [0.1, 0.15) is 0 Å². The molecule has 0 amide bonds. The Morgan fingerprint density at radius 3 is 1.14 bits per heavy atom. The average molecular weight is 467 g/mol. The van der Waals surface area contributed by atoms with Crippen LogP contribution in [0.3, 0.4) is 0 Å². The van der Waals surface area contributed by atoms with Crippen LogP contribution in [-0.4, -0.2) is 50.8 Å². The van der Waals surface area contributed by atoms with Crippen LogP contribution in [-0.2, 0) is 40.8 Å². The fourth-order valence-corrected chi connectivity index (χ4v) is 9.65. The summed E-state index contributed by atoms with van der Waals surface area (Å²) in [5.41, 5.74) is 6.44. The molecule has 0 radical (unpaired) electrons. The lowest BCUT2D eigenvalue weighted by atomic mass is 10.5. The van der Waals surface area contributed by atoms with Gasteiger partial charge in [-0.1, -0.05) is 0 Å². The van der Waals surface area contributed by atoms with Crippen molar-refractivity contribution in [2.75, 3.05) is 45.8 Å². The molecule has 170 valence electrons. The molecule has 0 spiro atoms. The van der Waals surface area contributed by atoms with Gasteiger partial charge in [0.05, 0.1) is 45.8 Å². The molecule has 0 unspecified atom stereocenters. The lowest BCUT2D eigenvalue weighted by Crippen LogP contribution is -2.43. The lowest BCUT2D eigenvalue weighted by Gasteiger charge is -2.39. The highest BCUT2D eigenvalue weighted by Gasteiger charge is 2.63. The normalized spacial score (nSPS) is 13.8. The fraction of sp³-hybridized carbons (Fsp3) is 1.00. The zero-order valence-corrected chi connectivity index (χ0v) is 20.4. The van der Waals surface area contributed by atoms with Crippen LogP contribution in [0.5, 0.6) is 0 Å². The van der Waals surface area contributed by atoms with Gasteiger partial charge in [0.15, 0.2) is 0 Å². The predicted octanol–water partition coefficient (Wildman–Crippen LogP) is 4.79. The number of hydrogen-bond donors (Lipinski definition) is 1. The van der Waals surface area contributed by atoms with E-state index in [1.165, 1.54) is 0 Å². The van der Waals surface area contributed by atoms with E-state index in [0.29, 0.717) is 0 Å². The van der Waals surface area contributed by atoms with Gasteiger partial charge in [0, 0.05) is 6.42 Å². The lowest BCUT2D eigenvalue weighted by molar-refractivity contribution is 0.175. The first-order valence-corrected chi connectivity index (χ1v) is 14.3. The van der Waals surface area contributed by atoms with Crippen molar-refractivity contribution >= 4 is 22.8 Å². The van der Waals surface area contributed by atoms with Crippen molar-refractivity contribution in [3.8, 4) is 0 Å². The first-order chi connectivity index (χ1) is 13.1. The van der Waals surface area contributed by atoms with E-state index in [0.717, 1.165) is 0 Å². The van der Waals surface area contributed by atoms with Crippen molar-refractivity contribution in [1.29, 1.82) is 0 Å². The molecule has 10 nitrogen and oxygen atoms in total. The Morgan fingerprint density at radius 1 is 0.607 bits per heavy atom. The maximum Gasteiger partial charge on any atom is 0.362 e. The molecule has 28 heavy (non-hydrogen) atoms. The minimum Gasteiger partial charge on any atom is -0.309 e. The van der Waals surface area contributed by atoms with Gasteiger partial charge in [-0.3, -0.25) is 13.7 Å². The van der Waals surface area contributed by atoms with Crippen LogP contribution >= 0.6 is 22.8 Å². The van der Waals surface area contributed by atoms with Gasteiger partial charge >= 0.3 is 22.8 Å². The van der Waals surface area contributed by atoms with Crippen molar-refractivity contribution < 1.29 is 40.8 Å². The van der Waals surface area contributed by atoms with Gasteiger partial charge in [-0.05, 0) is 41.5 Å². The highest BCUT2D eigenvalue weighted by Crippen LogP contribution is 2.77. The van der Waals surface area contributed by atoms with Crippen molar-refractivity contribution in [1.82, 2.24) is 0 Å². The quantitative estimate of drug-likeness (QED) is 0.298. The second-order valence-electron chi connectivity index (χ2n) is 5.46. The monoisotopic (exact) mass is 467 g/mol. The summed E-state index contributed by atoms with van der Waals surface area (Å²) in [4.78, 5) is 0. The summed E-state index contributed by atoms with van der Waals surface area (Å²) >= 11 is 0. The largest absolute Gasteiger partial charge is 0.362 e. The molecular formula is C15H36NO9P3. The van der Waals surface area contributed by atoms with E-state index in [4.69, 9.17) is 32.9 Å². The van der Waals surface area contributed by atoms with Gasteiger partial charge in [0.25, 0.3) is 0 Å². The highest BCUT2D eigenvalue weighted by molar-refractivity contribution is 7.74. The Kier molecular flexibility index (Phi) is 13.1. The molecule has 2 N–H and O–H groups in total. The van der Waals surface area contributed by atoms with Crippen LogP contribution < -0.4 is 5.73 Å². The molecule has 0 saturated carbocycles. The Hall–Kier alpha value is 0.410. The van der Waals surface area contributed by atoms with E-state index in [9.17, 15) is 13.7 Å². The van der Waals surface area contributed by atoms with Gasteiger partial charge < -0.3 is 32.9 Å². The minimum absolute atomic E-state index is 0.0109. The molecule has 0 aromatic rings. The summed E-state index contributed by atoms with van der Waals surface area (Å²) in [6, 6.07) is 0. The summed E-state index contributed by atoms with van der Waals surface area (Å²) in [6.45, 7) is 9.96. The van der Waals surface area contributed by atoms with Crippen molar-refractivity contribution in [2.45, 2.75) is 53.0 Å². The third-order valence-corrected chi connectivity index (χ3v) is 11.8. The molecule has 0 fully saturated rings. The van der Waals surface area contributed by atoms with E-state index in [1.807, 2.05) is 0 Å². The molecule has 0 aliphatic rings. The Morgan fingerprint density at radius 2 is 0.893 bits per heavy atom. The third-order valence-electron chi connectivity index (χ3n) is 3.55. The maximum atomic E-state index is 13.6. The van der Waals surface area contributed by atoms with Crippen LogP contribution in [0.2, 0.25) is 0 Å². The van der Waals surface area contributed by atoms with Crippen LogP contribution in [0.1, 0.15) is 48.0 Å². The molecule has 0 bridgehead atoms.